The van der Waals surface area contributed by atoms with Crippen LogP contribution in [0, 0.1) is 0 Å². The first-order valence-electron chi connectivity index (χ1n) is 4.74. The number of methoxy groups -OCH3 is 2. The Bertz CT molecular complexity index is 486. The first-order chi connectivity index (χ1) is 7.67. The molecule has 16 heavy (non-hydrogen) atoms. The molecule has 4 heteroatoms. The molecule has 0 atom stereocenters. The first-order valence-corrected chi connectivity index (χ1v) is 4.74. The summed E-state index contributed by atoms with van der Waals surface area (Å²) in [7, 11) is 3.09. The summed E-state index contributed by atoms with van der Waals surface area (Å²) < 4.78 is 10.3. The fourth-order valence-corrected chi connectivity index (χ4v) is 1.67. The third-order valence-corrected chi connectivity index (χ3v) is 2.47. The molecular weight excluding hydrogens is 208 g/mol. The van der Waals surface area contributed by atoms with E-state index in [0.717, 1.165) is 0 Å². The molecule has 2 rings (SSSR count). The zero-order valence-corrected chi connectivity index (χ0v) is 9.02. The lowest BCUT2D eigenvalue weighted by molar-refractivity contribution is 0.400. The number of hydrogen-bond donors (Lipinski definition) is 2. The Morgan fingerprint density at radius 1 is 0.812 bits per heavy atom. The third-order valence-electron chi connectivity index (χ3n) is 2.47. The van der Waals surface area contributed by atoms with Crippen molar-refractivity contribution < 1.29 is 19.7 Å². The highest BCUT2D eigenvalue weighted by atomic mass is 16.5. The maximum atomic E-state index is 9.45. The van der Waals surface area contributed by atoms with Crippen LogP contribution in [0.3, 0.4) is 0 Å². The van der Waals surface area contributed by atoms with Crippen LogP contribution in [0.15, 0.2) is 24.3 Å². The van der Waals surface area contributed by atoms with E-state index in [2.05, 4.69) is 0 Å². The molecule has 0 bridgehead atoms. The van der Waals surface area contributed by atoms with Crippen molar-refractivity contribution in [3.8, 4) is 23.0 Å². The second-order valence-corrected chi connectivity index (χ2v) is 3.36. The topological polar surface area (TPSA) is 58.9 Å². The number of ether oxygens (including phenoxy) is 2. The maximum absolute atomic E-state index is 9.45. The zero-order chi connectivity index (χ0) is 11.7. The van der Waals surface area contributed by atoms with Gasteiger partial charge in [0.15, 0.2) is 11.5 Å². The van der Waals surface area contributed by atoms with Crippen molar-refractivity contribution in [2.24, 2.45) is 0 Å². The summed E-state index contributed by atoms with van der Waals surface area (Å²) in [6.45, 7) is 0. The van der Waals surface area contributed by atoms with Crippen LogP contribution in [0.25, 0.3) is 10.8 Å². The number of phenolic OH excluding ortho intramolecular Hbond substituents is 2. The summed E-state index contributed by atoms with van der Waals surface area (Å²) in [6.07, 6.45) is 0. The van der Waals surface area contributed by atoms with Gasteiger partial charge in [-0.25, -0.2) is 0 Å². The summed E-state index contributed by atoms with van der Waals surface area (Å²) in [5.41, 5.74) is 0. The van der Waals surface area contributed by atoms with E-state index in [1.165, 1.54) is 12.1 Å². The zero-order valence-electron chi connectivity index (χ0n) is 9.02. The van der Waals surface area contributed by atoms with Crippen LogP contribution in [-0.4, -0.2) is 24.4 Å². The molecule has 0 fully saturated rings. The number of rotatable bonds is 2. The predicted molar refractivity (Wildman–Crippen MR) is 60.4 cm³/mol. The van der Waals surface area contributed by atoms with Crippen molar-refractivity contribution in [3.05, 3.63) is 24.3 Å². The molecular formula is C12H12O4. The molecule has 0 saturated heterocycles. The summed E-state index contributed by atoms with van der Waals surface area (Å²) in [5.74, 6) is 0.871. The second kappa shape index (κ2) is 3.81. The van der Waals surface area contributed by atoms with Crippen molar-refractivity contribution in [3.63, 3.8) is 0 Å². The van der Waals surface area contributed by atoms with Gasteiger partial charge >= 0.3 is 0 Å². The Hall–Kier alpha value is -2.10. The van der Waals surface area contributed by atoms with Gasteiger partial charge < -0.3 is 19.7 Å². The lowest BCUT2D eigenvalue weighted by Gasteiger charge is -2.10. The Morgan fingerprint density at radius 2 is 1.19 bits per heavy atom. The molecule has 0 aliphatic rings. The largest absolute Gasteiger partial charge is 0.504 e. The fourth-order valence-electron chi connectivity index (χ4n) is 1.67. The van der Waals surface area contributed by atoms with Crippen LogP contribution in [-0.2, 0) is 0 Å². The minimum absolute atomic E-state index is 0.181. The van der Waals surface area contributed by atoms with Gasteiger partial charge in [0.2, 0.25) is 0 Å². The van der Waals surface area contributed by atoms with E-state index < -0.39 is 0 Å². The van der Waals surface area contributed by atoms with Gasteiger partial charge in [-0.1, -0.05) is 0 Å². The van der Waals surface area contributed by atoms with Crippen LogP contribution < -0.4 is 9.47 Å². The quantitative estimate of drug-likeness (QED) is 0.762. The lowest BCUT2D eigenvalue weighted by Crippen LogP contribution is -1.89. The number of hydrogen-bond acceptors (Lipinski definition) is 4. The summed E-state index contributed by atoms with van der Waals surface area (Å²) in [5, 5.41) is 20.3. The smallest absolute Gasteiger partial charge is 0.158 e. The average molecular weight is 220 g/mol. The minimum Gasteiger partial charge on any atom is -0.504 e. The lowest BCUT2D eigenvalue weighted by atomic mass is 10.1. The van der Waals surface area contributed by atoms with Gasteiger partial charge in [-0.15, -0.1) is 0 Å². The molecule has 0 heterocycles. The van der Waals surface area contributed by atoms with Crippen LogP contribution in [0.5, 0.6) is 23.0 Å². The molecule has 84 valence electrons. The fraction of sp³-hybridized carbons (Fsp3) is 0.167. The van der Waals surface area contributed by atoms with E-state index in [4.69, 9.17) is 9.47 Å². The highest BCUT2D eigenvalue weighted by Crippen LogP contribution is 2.39. The molecule has 2 aromatic carbocycles. The molecule has 0 aliphatic heterocycles. The van der Waals surface area contributed by atoms with Gasteiger partial charge in [0.05, 0.1) is 14.2 Å². The standard InChI is InChI=1S/C12H12O4/c1-15-11-3-4-12(16-2)8-6-10(14)9(13)5-7(8)11/h3-6,13-14H,1-2H3. The second-order valence-electron chi connectivity index (χ2n) is 3.36. The molecule has 0 aromatic heterocycles. The number of aromatic hydroxyl groups is 2. The maximum Gasteiger partial charge on any atom is 0.158 e. The first kappa shape index (κ1) is 10.4. The van der Waals surface area contributed by atoms with E-state index in [1.54, 1.807) is 26.4 Å². The van der Waals surface area contributed by atoms with Crippen molar-refractivity contribution >= 4 is 10.8 Å². The van der Waals surface area contributed by atoms with E-state index >= 15 is 0 Å². The van der Waals surface area contributed by atoms with Crippen molar-refractivity contribution in [1.29, 1.82) is 0 Å². The molecule has 0 saturated carbocycles. The monoisotopic (exact) mass is 220 g/mol. The average Bonchev–Trinajstić information content (AvgIpc) is 2.29. The molecule has 0 radical (unpaired) electrons. The van der Waals surface area contributed by atoms with Gasteiger partial charge in [0.1, 0.15) is 11.5 Å². The van der Waals surface area contributed by atoms with Crippen molar-refractivity contribution in [2.45, 2.75) is 0 Å². The molecule has 0 amide bonds. The van der Waals surface area contributed by atoms with E-state index in [-0.39, 0.29) is 11.5 Å². The molecule has 2 N–H and O–H groups in total. The molecule has 4 nitrogen and oxygen atoms in total. The van der Waals surface area contributed by atoms with Crippen molar-refractivity contribution in [1.82, 2.24) is 0 Å². The Morgan fingerprint density at radius 3 is 1.50 bits per heavy atom. The van der Waals surface area contributed by atoms with Gasteiger partial charge in [-0.05, 0) is 24.3 Å². The minimum atomic E-state index is -0.181. The van der Waals surface area contributed by atoms with Gasteiger partial charge in [0.25, 0.3) is 0 Å². The van der Waals surface area contributed by atoms with Gasteiger partial charge in [-0.2, -0.15) is 0 Å². The van der Waals surface area contributed by atoms with Crippen molar-refractivity contribution in [2.75, 3.05) is 14.2 Å². The number of benzene rings is 2. The third kappa shape index (κ3) is 1.48. The van der Waals surface area contributed by atoms with Crippen LogP contribution in [0.4, 0.5) is 0 Å². The molecule has 0 spiro atoms. The Kier molecular flexibility index (Phi) is 2.48. The van der Waals surface area contributed by atoms with Crippen LogP contribution in [0.2, 0.25) is 0 Å². The summed E-state index contributed by atoms with van der Waals surface area (Å²) in [4.78, 5) is 0. The van der Waals surface area contributed by atoms with Crippen LogP contribution in [0.1, 0.15) is 0 Å². The normalized spacial score (nSPS) is 10.4. The molecule has 0 unspecified atom stereocenters. The number of phenols is 2. The van der Waals surface area contributed by atoms with Gasteiger partial charge in [-0.3, -0.25) is 0 Å². The van der Waals surface area contributed by atoms with Crippen LogP contribution >= 0.6 is 0 Å². The number of fused-ring (bicyclic) bond motifs is 1. The summed E-state index contributed by atoms with van der Waals surface area (Å²) >= 11 is 0. The predicted octanol–water partition coefficient (Wildman–Crippen LogP) is 2.27. The van der Waals surface area contributed by atoms with E-state index in [0.29, 0.717) is 22.3 Å². The van der Waals surface area contributed by atoms with Gasteiger partial charge in [0, 0.05) is 10.8 Å². The summed E-state index contributed by atoms with van der Waals surface area (Å²) in [6, 6.07) is 6.40. The SMILES string of the molecule is COc1ccc(OC)c2cc(O)c(O)cc12. The van der Waals surface area contributed by atoms with E-state index in [9.17, 15) is 10.2 Å². The molecule has 0 aliphatic carbocycles. The Balaban J connectivity index is 2.85. The Labute approximate surface area is 92.7 Å². The highest BCUT2D eigenvalue weighted by molar-refractivity contribution is 5.95. The highest BCUT2D eigenvalue weighted by Gasteiger charge is 2.10. The molecule has 2 aromatic rings. The van der Waals surface area contributed by atoms with E-state index in [1.807, 2.05) is 0 Å².